The summed E-state index contributed by atoms with van der Waals surface area (Å²) in [7, 11) is 0. The van der Waals surface area contributed by atoms with Crippen LogP contribution in [0.4, 0.5) is 11.4 Å². The number of carboxylic acids is 1. The standard InChI is InChI=1S/C29H32N4O7S/c1-14-23-22(15(2)34)27(36)33(23)24(29(39)40-13-16-6-8-18(30)9-7-16)25(14)41-20-11-21(31-12-20)26(35)32-19-5-3-4-17(10-19)28(37)38/h3-10,14-15,20-23,31,34H,11-13,30H2,1-2H3,(H,32,35)(H,37,38)/t14-,15-,20+,21+,22-,23-/m1/s1. The summed E-state index contributed by atoms with van der Waals surface area (Å²) in [4.78, 5) is 52.7. The van der Waals surface area contributed by atoms with Crippen molar-refractivity contribution in [2.75, 3.05) is 17.6 Å². The number of fused-ring (bicyclic) bond motifs is 1. The van der Waals surface area contributed by atoms with Crippen LogP contribution in [0.25, 0.3) is 0 Å². The Bertz CT molecular complexity index is 1410. The number of aliphatic hydroxyl groups excluding tert-OH is 1. The predicted octanol–water partition coefficient (Wildman–Crippen LogP) is 2.18. The van der Waals surface area contributed by atoms with E-state index in [0.29, 0.717) is 29.2 Å². The van der Waals surface area contributed by atoms with Crippen LogP contribution in [0.1, 0.15) is 36.2 Å². The largest absolute Gasteiger partial charge is 0.478 e. The number of hydrogen-bond acceptors (Lipinski definition) is 9. The Balaban J connectivity index is 1.30. The lowest BCUT2D eigenvalue weighted by molar-refractivity contribution is -0.164. The molecule has 2 aromatic carbocycles. The van der Waals surface area contributed by atoms with Crippen LogP contribution >= 0.6 is 11.8 Å². The lowest BCUT2D eigenvalue weighted by Gasteiger charge is -2.46. The number of carbonyl (C=O) groups is 4. The molecular weight excluding hydrogens is 548 g/mol. The van der Waals surface area contributed by atoms with Crippen molar-refractivity contribution in [2.24, 2.45) is 11.8 Å². The van der Waals surface area contributed by atoms with Crippen molar-refractivity contribution >= 4 is 46.9 Å². The Kier molecular flexibility index (Phi) is 8.07. The number of rotatable bonds is 9. The number of hydrogen-bond donors (Lipinski definition) is 5. The molecule has 5 rings (SSSR count). The lowest BCUT2D eigenvalue weighted by Crippen LogP contribution is -2.63. The summed E-state index contributed by atoms with van der Waals surface area (Å²) >= 11 is 1.45. The first-order valence-corrected chi connectivity index (χ1v) is 14.2. The molecule has 0 bridgehead atoms. The predicted molar refractivity (Wildman–Crippen MR) is 152 cm³/mol. The van der Waals surface area contributed by atoms with E-state index in [9.17, 15) is 29.4 Å². The van der Waals surface area contributed by atoms with Crippen molar-refractivity contribution in [2.45, 2.75) is 50.3 Å². The van der Waals surface area contributed by atoms with Crippen molar-refractivity contribution in [3.05, 3.63) is 70.3 Å². The van der Waals surface area contributed by atoms with E-state index < -0.39 is 30.0 Å². The van der Waals surface area contributed by atoms with Crippen molar-refractivity contribution < 1.29 is 34.1 Å². The van der Waals surface area contributed by atoms with Crippen molar-refractivity contribution in [3.8, 4) is 0 Å². The summed E-state index contributed by atoms with van der Waals surface area (Å²) in [5.74, 6) is -3.11. The number of carboxylic acid groups (broad SMARTS) is 1. The second-order valence-corrected chi connectivity index (χ2v) is 11.9. The summed E-state index contributed by atoms with van der Waals surface area (Å²) < 4.78 is 5.61. The van der Waals surface area contributed by atoms with Gasteiger partial charge in [-0.2, -0.15) is 0 Å². The zero-order valence-corrected chi connectivity index (χ0v) is 23.4. The number of aliphatic hydroxyl groups is 1. The number of ether oxygens (including phenoxy) is 1. The highest BCUT2D eigenvalue weighted by Crippen LogP contribution is 2.52. The smallest absolute Gasteiger partial charge is 0.356 e. The lowest BCUT2D eigenvalue weighted by atomic mass is 9.79. The van der Waals surface area contributed by atoms with Gasteiger partial charge >= 0.3 is 11.9 Å². The van der Waals surface area contributed by atoms with Crippen molar-refractivity contribution in [1.29, 1.82) is 0 Å². The second-order valence-electron chi connectivity index (χ2n) is 10.6. The van der Waals surface area contributed by atoms with Gasteiger partial charge in [-0.25, -0.2) is 9.59 Å². The molecule has 0 aliphatic carbocycles. The Hall–Kier alpha value is -3.87. The first-order valence-electron chi connectivity index (χ1n) is 13.4. The molecule has 3 heterocycles. The summed E-state index contributed by atoms with van der Waals surface area (Å²) in [5.41, 5.74) is 7.74. The maximum absolute atomic E-state index is 13.4. The highest BCUT2D eigenvalue weighted by atomic mass is 32.2. The molecule has 3 aliphatic heterocycles. The zero-order valence-electron chi connectivity index (χ0n) is 22.6. The normalized spacial score (nSPS) is 25.9. The summed E-state index contributed by atoms with van der Waals surface area (Å²) in [6.07, 6.45) is -0.402. The fourth-order valence-electron chi connectivity index (χ4n) is 5.63. The summed E-state index contributed by atoms with van der Waals surface area (Å²) in [6.45, 7) is 4.01. The Labute approximate surface area is 241 Å². The number of nitrogens with one attached hydrogen (secondary N) is 2. The second kappa shape index (κ2) is 11.6. The van der Waals surface area contributed by atoms with Gasteiger partial charge in [0.15, 0.2) is 0 Å². The SMILES string of the molecule is C[C@@H](O)[C@H]1C(=O)N2C(C(=O)OCc3ccc(N)cc3)=C(S[C@@H]3CN[C@H](C(=O)Nc4cccc(C(=O)O)c4)C3)[C@H](C)[C@H]12. The fraction of sp³-hybridized carbons (Fsp3) is 0.379. The number of anilines is 2. The summed E-state index contributed by atoms with van der Waals surface area (Å²) in [5, 5.41) is 25.4. The maximum Gasteiger partial charge on any atom is 0.356 e. The van der Waals surface area contributed by atoms with Crippen molar-refractivity contribution in [1.82, 2.24) is 10.2 Å². The quantitative estimate of drug-likeness (QED) is 0.168. The maximum atomic E-state index is 13.4. The van der Waals surface area contributed by atoms with E-state index in [1.807, 2.05) is 6.92 Å². The van der Waals surface area contributed by atoms with Crippen LogP contribution < -0.4 is 16.4 Å². The van der Waals surface area contributed by atoms with Crippen LogP contribution in [-0.2, 0) is 25.7 Å². The average molecular weight is 581 g/mol. The molecule has 41 heavy (non-hydrogen) atoms. The average Bonchev–Trinajstić information content (AvgIpc) is 3.50. The van der Waals surface area contributed by atoms with E-state index in [2.05, 4.69) is 10.6 Å². The molecule has 3 aliphatic rings. The van der Waals surface area contributed by atoms with Crippen LogP contribution in [0.15, 0.2) is 59.1 Å². The number of esters is 1. The van der Waals surface area contributed by atoms with E-state index in [1.54, 1.807) is 43.3 Å². The third-order valence-electron chi connectivity index (χ3n) is 7.73. The first-order chi connectivity index (χ1) is 19.5. The molecule has 6 N–H and O–H groups in total. The van der Waals surface area contributed by atoms with E-state index in [1.165, 1.54) is 28.8 Å². The van der Waals surface area contributed by atoms with Gasteiger partial charge in [0.05, 0.1) is 29.7 Å². The molecule has 0 spiro atoms. The minimum absolute atomic E-state index is 0.0117. The summed E-state index contributed by atoms with van der Waals surface area (Å²) in [6, 6.07) is 12.1. The zero-order chi connectivity index (χ0) is 29.4. The Morgan fingerprint density at radius 2 is 1.95 bits per heavy atom. The monoisotopic (exact) mass is 580 g/mol. The van der Waals surface area contributed by atoms with Gasteiger partial charge in [0.2, 0.25) is 11.8 Å². The molecule has 11 nitrogen and oxygen atoms in total. The molecule has 216 valence electrons. The number of nitrogens with two attached hydrogens (primary N) is 1. The molecule has 2 saturated heterocycles. The third kappa shape index (κ3) is 5.67. The number of nitrogens with zero attached hydrogens (tertiary/aromatic N) is 1. The molecule has 0 saturated carbocycles. The van der Waals surface area contributed by atoms with E-state index in [4.69, 9.17) is 10.5 Å². The van der Waals surface area contributed by atoms with Gasteiger partial charge in [-0.3, -0.25) is 9.59 Å². The molecule has 6 atom stereocenters. The highest BCUT2D eigenvalue weighted by molar-refractivity contribution is 8.03. The molecule has 2 amide bonds. The van der Waals surface area contributed by atoms with Gasteiger partial charge in [-0.15, -0.1) is 11.8 Å². The molecule has 12 heteroatoms. The molecule has 2 fully saturated rings. The van der Waals surface area contributed by atoms with Gasteiger partial charge in [0.1, 0.15) is 12.3 Å². The van der Waals surface area contributed by atoms with E-state index in [0.717, 1.165) is 5.56 Å². The number of thioether (sulfide) groups is 1. The molecule has 0 aromatic heterocycles. The van der Waals surface area contributed by atoms with Crippen LogP contribution in [0.5, 0.6) is 0 Å². The minimum Gasteiger partial charge on any atom is -0.478 e. The number of amides is 2. The molecule has 2 aromatic rings. The van der Waals surface area contributed by atoms with Crippen molar-refractivity contribution in [3.63, 3.8) is 0 Å². The molecule has 0 radical (unpaired) electrons. The fourth-order valence-corrected chi connectivity index (χ4v) is 7.11. The van der Waals surface area contributed by atoms with Gasteiger partial charge in [-0.1, -0.05) is 25.1 Å². The minimum atomic E-state index is -1.08. The van der Waals surface area contributed by atoms with E-state index in [-0.39, 0.29) is 46.9 Å². The number of nitrogen functional groups attached to an aromatic ring is 1. The van der Waals surface area contributed by atoms with Gasteiger partial charge in [0, 0.05) is 34.0 Å². The van der Waals surface area contributed by atoms with E-state index >= 15 is 0 Å². The van der Waals surface area contributed by atoms with Crippen LogP contribution in [0.2, 0.25) is 0 Å². The Morgan fingerprint density at radius 3 is 2.63 bits per heavy atom. The highest BCUT2D eigenvalue weighted by Gasteiger charge is 2.60. The topological polar surface area (TPSA) is 171 Å². The number of carbonyl (C=O) groups excluding carboxylic acids is 3. The third-order valence-corrected chi connectivity index (χ3v) is 9.24. The number of benzene rings is 2. The Morgan fingerprint density at radius 1 is 1.22 bits per heavy atom. The van der Waals surface area contributed by atoms with Crippen LogP contribution in [0.3, 0.4) is 0 Å². The van der Waals surface area contributed by atoms with Gasteiger partial charge < -0.3 is 36.2 Å². The number of aromatic carboxylic acids is 1. The molecular formula is C29H32N4O7S. The first kappa shape index (κ1) is 28.7. The number of β-lactam (4-membered cyclic amide) rings is 1. The molecule has 0 unspecified atom stereocenters. The van der Waals surface area contributed by atoms with Gasteiger partial charge in [0.25, 0.3) is 0 Å². The van der Waals surface area contributed by atoms with Crippen LogP contribution in [-0.4, -0.2) is 68.8 Å². The van der Waals surface area contributed by atoms with Gasteiger partial charge in [-0.05, 0) is 49.2 Å². The van der Waals surface area contributed by atoms with Crippen LogP contribution in [0, 0.1) is 11.8 Å².